The van der Waals surface area contributed by atoms with E-state index in [9.17, 15) is 4.79 Å². The van der Waals surface area contributed by atoms with Crippen LogP contribution in [0.1, 0.15) is 5.56 Å². The predicted molar refractivity (Wildman–Crippen MR) is 104 cm³/mol. The number of carbonyl (C=O) groups excluding carboxylic acids is 1. The molecule has 2 N–H and O–H groups in total. The van der Waals surface area contributed by atoms with Crippen LogP contribution in [-0.4, -0.2) is 38.0 Å². The van der Waals surface area contributed by atoms with Gasteiger partial charge in [0.05, 0.1) is 24.8 Å². The molecular formula is C20H18N6O2. The number of aromatic amines is 1. The Balaban J connectivity index is 1.41. The molecule has 1 amide bonds. The highest BCUT2D eigenvalue weighted by Crippen LogP contribution is 2.27. The molecule has 0 bridgehead atoms. The van der Waals surface area contributed by atoms with Crippen LogP contribution in [0.3, 0.4) is 0 Å². The number of aromatic nitrogens is 5. The van der Waals surface area contributed by atoms with E-state index >= 15 is 0 Å². The lowest BCUT2D eigenvalue weighted by molar-refractivity contribution is -0.115. The average molecular weight is 374 g/mol. The number of rotatable bonds is 6. The monoisotopic (exact) mass is 374 g/mol. The summed E-state index contributed by atoms with van der Waals surface area (Å²) < 4.78 is 7.08. The molecule has 0 saturated carbocycles. The third-order valence-electron chi connectivity index (χ3n) is 4.17. The van der Waals surface area contributed by atoms with Gasteiger partial charge in [0.1, 0.15) is 5.75 Å². The first-order valence-electron chi connectivity index (χ1n) is 8.67. The minimum absolute atomic E-state index is 0.197. The van der Waals surface area contributed by atoms with E-state index in [-0.39, 0.29) is 18.3 Å². The number of benzene rings is 2. The first kappa shape index (κ1) is 17.5. The third kappa shape index (κ3) is 3.75. The molecule has 4 rings (SSSR count). The van der Waals surface area contributed by atoms with Crippen LogP contribution in [0.5, 0.6) is 5.75 Å². The van der Waals surface area contributed by atoms with E-state index in [0.717, 1.165) is 16.8 Å². The minimum atomic E-state index is -0.197. The lowest BCUT2D eigenvalue weighted by atomic mass is 10.1. The molecular weight excluding hydrogens is 356 g/mol. The van der Waals surface area contributed by atoms with Gasteiger partial charge in [0.2, 0.25) is 11.9 Å². The molecule has 0 atom stereocenters. The highest BCUT2D eigenvalue weighted by molar-refractivity contribution is 5.90. The van der Waals surface area contributed by atoms with E-state index in [2.05, 4.69) is 25.6 Å². The largest absolute Gasteiger partial charge is 0.496 e. The fourth-order valence-electron chi connectivity index (χ4n) is 2.82. The zero-order chi connectivity index (χ0) is 19.3. The molecule has 0 aliphatic heterocycles. The molecule has 0 spiro atoms. The SMILES string of the molecule is COc1ccccc1-c1nc(NC(=O)Cc2ccc(-n3cccn3)cc2)n[nH]1. The fourth-order valence-corrected chi connectivity index (χ4v) is 2.82. The number of ether oxygens (including phenoxy) is 1. The number of methoxy groups -OCH3 is 1. The predicted octanol–water partition coefficient (Wildman–Crippen LogP) is 2.85. The Labute approximate surface area is 161 Å². The summed E-state index contributed by atoms with van der Waals surface area (Å²) in [6.45, 7) is 0. The van der Waals surface area contributed by atoms with Crippen molar-refractivity contribution < 1.29 is 9.53 Å². The fraction of sp³-hybridized carbons (Fsp3) is 0.100. The molecule has 28 heavy (non-hydrogen) atoms. The molecule has 0 saturated heterocycles. The van der Waals surface area contributed by atoms with Gasteiger partial charge in [-0.05, 0) is 35.9 Å². The van der Waals surface area contributed by atoms with Crippen molar-refractivity contribution in [3.63, 3.8) is 0 Å². The zero-order valence-corrected chi connectivity index (χ0v) is 15.2. The van der Waals surface area contributed by atoms with Gasteiger partial charge in [-0.3, -0.25) is 15.2 Å². The number of nitrogens with zero attached hydrogens (tertiary/aromatic N) is 4. The molecule has 0 radical (unpaired) electrons. The first-order chi connectivity index (χ1) is 13.7. The van der Waals surface area contributed by atoms with E-state index in [0.29, 0.717) is 11.6 Å². The second-order valence-corrected chi connectivity index (χ2v) is 6.05. The maximum atomic E-state index is 12.3. The van der Waals surface area contributed by atoms with Gasteiger partial charge >= 0.3 is 0 Å². The number of anilines is 1. The van der Waals surface area contributed by atoms with Crippen LogP contribution >= 0.6 is 0 Å². The van der Waals surface area contributed by atoms with Gasteiger partial charge in [-0.25, -0.2) is 4.68 Å². The Morgan fingerprint density at radius 2 is 1.96 bits per heavy atom. The molecule has 140 valence electrons. The second kappa shape index (κ2) is 7.75. The molecule has 4 aromatic rings. The molecule has 0 fully saturated rings. The van der Waals surface area contributed by atoms with Gasteiger partial charge < -0.3 is 4.74 Å². The van der Waals surface area contributed by atoms with E-state index in [1.165, 1.54) is 0 Å². The average Bonchev–Trinajstić information content (AvgIpc) is 3.41. The van der Waals surface area contributed by atoms with Gasteiger partial charge in [-0.2, -0.15) is 10.1 Å². The normalized spacial score (nSPS) is 10.6. The van der Waals surface area contributed by atoms with E-state index in [1.807, 2.05) is 60.8 Å². The third-order valence-corrected chi connectivity index (χ3v) is 4.17. The molecule has 8 heteroatoms. The van der Waals surface area contributed by atoms with Crippen LogP contribution in [0, 0.1) is 0 Å². The Bertz CT molecular complexity index is 1070. The number of amides is 1. The standard InChI is InChI=1S/C20H18N6O2/c1-28-17-6-3-2-5-16(17)19-23-20(25-24-19)22-18(27)13-14-7-9-15(10-8-14)26-12-4-11-21-26/h2-12H,13H2,1H3,(H2,22,23,24,25,27). The van der Waals surface area contributed by atoms with Crippen molar-refractivity contribution in [3.05, 3.63) is 72.6 Å². The minimum Gasteiger partial charge on any atom is -0.496 e. The van der Waals surface area contributed by atoms with Crippen LogP contribution in [0.25, 0.3) is 17.1 Å². The van der Waals surface area contributed by atoms with E-state index < -0.39 is 0 Å². The van der Waals surface area contributed by atoms with Crippen molar-refractivity contribution in [3.8, 4) is 22.8 Å². The molecule has 2 aromatic carbocycles. The summed E-state index contributed by atoms with van der Waals surface area (Å²) in [6.07, 6.45) is 3.81. The summed E-state index contributed by atoms with van der Waals surface area (Å²) in [5.74, 6) is 1.22. The van der Waals surface area contributed by atoms with Gasteiger partial charge in [0, 0.05) is 12.4 Å². The van der Waals surface area contributed by atoms with Crippen LogP contribution in [0.15, 0.2) is 67.0 Å². The molecule has 0 aliphatic rings. The van der Waals surface area contributed by atoms with E-state index in [1.54, 1.807) is 18.0 Å². The van der Waals surface area contributed by atoms with Crippen molar-refractivity contribution in [1.29, 1.82) is 0 Å². The number of para-hydroxylation sites is 1. The highest BCUT2D eigenvalue weighted by atomic mass is 16.5. The lowest BCUT2D eigenvalue weighted by Gasteiger charge is -2.05. The molecule has 0 unspecified atom stereocenters. The number of hydrogen-bond donors (Lipinski definition) is 2. The Kier molecular flexibility index (Phi) is 4.83. The molecule has 2 heterocycles. The smallest absolute Gasteiger partial charge is 0.249 e. The van der Waals surface area contributed by atoms with Gasteiger partial charge in [0.15, 0.2) is 5.82 Å². The Morgan fingerprint density at radius 1 is 1.14 bits per heavy atom. The molecule has 8 nitrogen and oxygen atoms in total. The maximum absolute atomic E-state index is 12.3. The first-order valence-corrected chi connectivity index (χ1v) is 8.67. The van der Waals surface area contributed by atoms with Crippen molar-refractivity contribution >= 4 is 11.9 Å². The quantitative estimate of drug-likeness (QED) is 0.541. The molecule has 2 aromatic heterocycles. The van der Waals surface area contributed by atoms with Crippen molar-refractivity contribution in [2.24, 2.45) is 0 Å². The van der Waals surface area contributed by atoms with Crippen LogP contribution in [0.4, 0.5) is 5.95 Å². The van der Waals surface area contributed by atoms with Crippen LogP contribution in [-0.2, 0) is 11.2 Å². The van der Waals surface area contributed by atoms with Crippen LogP contribution < -0.4 is 10.1 Å². The number of hydrogen-bond acceptors (Lipinski definition) is 5. The summed E-state index contributed by atoms with van der Waals surface area (Å²) in [4.78, 5) is 16.6. The Morgan fingerprint density at radius 3 is 2.71 bits per heavy atom. The summed E-state index contributed by atoms with van der Waals surface area (Å²) in [6, 6.07) is 16.9. The number of carbonyl (C=O) groups is 1. The van der Waals surface area contributed by atoms with Crippen LogP contribution in [0.2, 0.25) is 0 Å². The van der Waals surface area contributed by atoms with Gasteiger partial charge in [-0.1, -0.05) is 24.3 Å². The summed E-state index contributed by atoms with van der Waals surface area (Å²) in [7, 11) is 1.59. The summed E-state index contributed by atoms with van der Waals surface area (Å²) >= 11 is 0. The topological polar surface area (TPSA) is 97.7 Å². The highest BCUT2D eigenvalue weighted by Gasteiger charge is 2.12. The number of nitrogens with one attached hydrogen (secondary N) is 2. The second-order valence-electron chi connectivity index (χ2n) is 6.05. The Hall–Kier alpha value is -3.94. The van der Waals surface area contributed by atoms with Gasteiger partial charge in [0.25, 0.3) is 0 Å². The lowest BCUT2D eigenvalue weighted by Crippen LogP contribution is -2.15. The van der Waals surface area contributed by atoms with Crippen molar-refractivity contribution in [2.45, 2.75) is 6.42 Å². The maximum Gasteiger partial charge on any atom is 0.249 e. The zero-order valence-electron chi connectivity index (χ0n) is 15.2. The van der Waals surface area contributed by atoms with E-state index in [4.69, 9.17) is 4.74 Å². The number of H-pyrrole nitrogens is 1. The summed E-state index contributed by atoms with van der Waals surface area (Å²) in [5.41, 5.74) is 2.59. The molecule has 0 aliphatic carbocycles. The van der Waals surface area contributed by atoms with Crippen molar-refractivity contribution in [2.75, 3.05) is 12.4 Å². The van der Waals surface area contributed by atoms with Gasteiger partial charge in [-0.15, -0.1) is 5.10 Å². The van der Waals surface area contributed by atoms with Crippen molar-refractivity contribution in [1.82, 2.24) is 25.0 Å². The summed E-state index contributed by atoms with van der Waals surface area (Å²) in [5, 5.41) is 13.8.